The smallest absolute Gasteiger partial charge is 0.0329 e. The molecule has 0 aliphatic heterocycles. The van der Waals surface area contributed by atoms with Crippen molar-refractivity contribution in [3.63, 3.8) is 0 Å². The molecular weight excluding hydrogens is 156 g/mol. The van der Waals surface area contributed by atoms with E-state index in [9.17, 15) is 0 Å². The second-order valence-electron chi connectivity index (χ2n) is 5.62. The summed E-state index contributed by atoms with van der Waals surface area (Å²) < 4.78 is 0. The summed E-state index contributed by atoms with van der Waals surface area (Å²) in [6.45, 7) is 9.65. The summed E-state index contributed by atoms with van der Waals surface area (Å²) in [5.74, 6) is 6.24. The van der Waals surface area contributed by atoms with Crippen LogP contribution in [0.2, 0.25) is 0 Å². The van der Waals surface area contributed by atoms with E-state index < -0.39 is 0 Å². The largest absolute Gasteiger partial charge is 0.0776 e. The molecule has 78 valence electrons. The Bertz CT molecular complexity index is 169. The van der Waals surface area contributed by atoms with Crippen LogP contribution in [0.3, 0.4) is 0 Å². The minimum absolute atomic E-state index is 0. The summed E-state index contributed by atoms with van der Waals surface area (Å²) in [5.41, 5.74) is 0. The van der Waals surface area contributed by atoms with Crippen molar-refractivity contribution >= 4 is 0 Å². The third-order valence-corrected chi connectivity index (χ3v) is 4.17. The molecule has 2 fully saturated rings. The molecule has 0 bridgehead atoms. The van der Waals surface area contributed by atoms with Gasteiger partial charge in [0.15, 0.2) is 0 Å². The maximum atomic E-state index is 2.42. The Balaban J connectivity index is 0.000000845. The molecule has 0 heterocycles. The van der Waals surface area contributed by atoms with Gasteiger partial charge in [-0.1, -0.05) is 35.1 Å². The number of rotatable bonds is 2. The zero-order valence-corrected chi connectivity index (χ0v) is 8.88. The monoisotopic (exact) mass is 182 g/mol. The van der Waals surface area contributed by atoms with E-state index in [2.05, 4.69) is 27.7 Å². The lowest BCUT2D eigenvalue weighted by atomic mass is 9.77. The number of fused-ring (bicyclic) bond motifs is 1. The van der Waals surface area contributed by atoms with E-state index in [0.29, 0.717) is 0 Å². The average molecular weight is 182 g/mol. The van der Waals surface area contributed by atoms with Crippen molar-refractivity contribution in [2.24, 2.45) is 35.5 Å². The van der Waals surface area contributed by atoms with E-state index in [-0.39, 0.29) is 7.43 Å². The summed E-state index contributed by atoms with van der Waals surface area (Å²) in [6, 6.07) is 0. The molecule has 4 atom stereocenters. The fourth-order valence-corrected chi connectivity index (χ4v) is 3.54. The lowest BCUT2D eigenvalue weighted by Crippen LogP contribution is -2.22. The van der Waals surface area contributed by atoms with Gasteiger partial charge in [-0.05, 0) is 48.3 Å². The predicted molar refractivity (Wildman–Crippen MR) is 59.6 cm³/mol. The first kappa shape index (κ1) is 11.1. The van der Waals surface area contributed by atoms with Crippen molar-refractivity contribution < 1.29 is 0 Å². The second kappa shape index (κ2) is 3.63. The van der Waals surface area contributed by atoms with Crippen LogP contribution in [0.25, 0.3) is 0 Å². The molecule has 0 aromatic rings. The molecule has 0 amide bonds. The van der Waals surface area contributed by atoms with Crippen LogP contribution in [0.1, 0.15) is 48.0 Å². The first-order chi connectivity index (χ1) is 5.61. The predicted octanol–water partition coefficient (Wildman–Crippen LogP) is 4.21. The summed E-state index contributed by atoms with van der Waals surface area (Å²) in [7, 11) is 0. The highest BCUT2D eigenvalue weighted by molar-refractivity contribution is 5.03. The van der Waals surface area contributed by atoms with Crippen molar-refractivity contribution in [2.75, 3.05) is 0 Å². The van der Waals surface area contributed by atoms with E-state index >= 15 is 0 Å². The maximum absolute atomic E-state index is 2.42. The molecule has 0 saturated heterocycles. The first-order valence-corrected chi connectivity index (χ1v) is 5.61. The summed E-state index contributed by atoms with van der Waals surface area (Å²) in [5, 5.41) is 0. The fraction of sp³-hybridized carbons (Fsp3) is 1.00. The third kappa shape index (κ3) is 1.78. The van der Waals surface area contributed by atoms with Crippen LogP contribution >= 0.6 is 0 Å². The lowest BCUT2D eigenvalue weighted by Gasteiger charge is -2.29. The summed E-state index contributed by atoms with van der Waals surface area (Å²) in [6.07, 6.45) is 3.11. The van der Waals surface area contributed by atoms with Crippen LogP contribution < -0.4 is 0 Å². The first-order valence-electron chi connectivity index (χ1n) is 5.61. The molecule has 0 N–H and O–H groups in total. The molecule has 2 saturated carbocycles. The standard InChI is InChI=1S/C12H22.CH4/c1-7(2)10-5-9-6-11(9)12(10)8(3)4;/h7-12H,5-6H2,1-4H3;1H4. The molecule has 2 aliphatic carbocycles. The molecule has 4 unspecified atom stereocenters. The van der Waals surface area contributed by atoms with E-state index in [1.165, 1.54) is 0 Å². The Hall–Kier alpha value is 0. The molecule has 0 aromatic heterocycles. The van der Waals surface area contributed by atoms with Gasteiger partial charge < -0.3 is 0 Å². The van der Waals surface area contributed by atoms with Crippen molar-refractivity contribution in [2.45, 2.75) is 48.0 Å². The topological polar surface area (TPSA) is 0 Å². The van der Waals surface area contributed by atoms with Crippen molar-refractivity contribution in [3.8, 4) is 0 Å². The van der Waals surface area contributed by atoms with Crippen LogP contribution in [-0.4, -0.2) is 0 Å². The van der Waals surface area contributed by atoms with Gasteiger partial charge in [0.25, 0.3) is 0 Å². The van der Waals surface area contributed by atoms with Gasteiger partial charge in [-0.25, -0.2) is 0 Å². The Labute approximate surface area is 84.1 Å². The fourth-order valence-electron chi connectivity index (χ4n) is 3.54. The Kier molecular flexibility index (Phi) is 3.09. The van der Waals surface area contributed by atoms with Crippen LogP contribution in [0.5, 0.6) is 0 Å². The Morgan fingerprint density at radius 1 is 0.923 bits per heavy atom. The van der Waals surface area contributed by atoms with Gasteiger partial charge >= 0.3 is 0 Å². The molecule has 0 spiro atoms. The molecule has 2 aliphatic rings. The van der Waals surface area contributed by atoms with Gasteiger partial charge in [0.05, 0.1) is 0 Å². The number of hydrogen-bond donors (Lipinski definition) is 0. The third-order valence-electron chi connectivity index (χ3n) is 4.17. The van der Waals surface area contributed by atoms with E-state index in [0.717, 1.165) is 35.5 Å². The highest BCUT2D eigenvalue weighted by atomic mass is 14.6. The maximum Gasteiger partial charge on any atom is -0.0329 e. The minimum atomic E-state index is 0. The van der Waals surface area contributed by atoms with Gasteiger partial charge in [0.1, 0.15) is 0 Å². The van der Waals surface area contributed by atoms with E-state index in [4.69, 9.17) is 0 Å². The normalized spacial score (nSPS) is 42.0. The van der Waals surface area contributed by atoms with Crippen LogP contribution in [0, 0.1) is 35.5 Å². The quantitative estimate of drug-likeness (QED) is 0.600. The van der Waals surface area contributed by atoms with Crippen LogP contribution in [0.15, 0.2) is 0 Å². The highest BCUT2D eigenvalue weighted by Crippen LogP contribution is 2.61. The van der Waals surface area contributed by atoms with Gasteiger partial charge in [-0.15, -0.1) is 0 Å². The van der Waals surface area contributed by atoms with Crippen molar-refractivity contribution in [3.05, 3.63) is 0 Å². The molecule has 0 nitrogen and oxygen atoms in total. The zero-order chi connectivity index (χ0) is 8.88. The van der Waals surface area contributed by atoms with Crippen molar-refractivity contribution in [1.29, 1.82) is 0 Å². The van der Waals surface area contributed by atoms with Crippen LogP contribution in [-0.2, 0) is 0 Å². The summed E-state index contributed by atoms with van der Waals surface area (Å²) in [4.78, 5) is 0. The molecule has 2 rings (SSSR count). The van der Waals surface area contributed by atoms with Gasteiger partial charge in [0, 0.05) is 0 Å². The van der Waals surface area contributed by atoms with Gasteiger partial charge in [-0.2, -0.15) is 0 Å². The lowest BCUT2D eigenvalue weighted by molar-refractivity contribution is 0.201. The van der Waals surface area contributed by atoms with Crippen molar-refractivity contribution in [1.82, 2.24) is 0 Å². The summed E-state index contributed by atoms with van der Waals surface area (Å²) >= 11 is 0. The SMILES string of the molecule is C.CC(C)C1CC2CC2C1C(C)C. The van der Waals surface area contributed by atoms with Crippen LogP contribution in [0.4, 0.5) is 0 Å². The van der Waals surface area contributed by atoms with E-state index in [1.54, 1.807) is 12.8 Å². The Morgan fingerprint density at radius 2 is 1.54 bits per heavy atom. The second-order valence-corrected chi connectivity index (χ2v) is 5.62. The van der Waals surface area contributed by atoms with E-state index in [1.807, 2.05) is 0 Å². The average Bonchev–Trinajstić information content (AvgIpc) is 2.60. The van der Waals surface area contributed by atoms with Gasteiger partial charge in [-0.3, -0.25) is 0 Å². The van der Waals surface area contributed by atoms with Gasteiger partial charge in [0.2, 0.25) is 0 Å². The molecule has 13 heavy (non-hydrogen) atoms. The highest BCUT2D eigenvalue weighted by Gasteiger charge is 2.54. The Morgan fingerprint density at radius 3 is 1.92 bits per heavy atom. The molecule has 0 radical (unpaired) electrons. The molecule has 0 heteroatoms. The number of hydrogen-bond acceptors (Lipinski definition) is 0. The molecule has 0 aromatic carbocycles. The minimum Gasteiger partial charge on any atom is -0.0776 e. The molecular formula is C13H26. The zero-order valence-electron chi connectivity index (χ0n) is 8.88.